The summed E-state index contributed by atoms with van der Waals surface area (Å²) in [7, 11) is 0. The number of aromatic nitrogens is 2. The lowest BCUT2D eigenvalue weighted by molar-refractivity contribution is 0.431. The first kappa shape index (κ1) is 13.5. The van der Waals surface area contributed by atoms with Gasteiger partial charge in [0.15, 0.2) is 0 Å². The molecule has 2 heterocycles. The standard InChI is InChI=1S/C13H21N3OS/c1-2-11(10-18)9-16-13(17)7-12(8-14-16)15-5-3-4-6-15/h7-8,11,18H,2-6,9-10H2,1H3. The van der Waals surface area contributed by atoms with Crippen molar-refractivity contribution in [2.24, 2.45) is 5.92 Å². The van der Waals surface area contributed by atoms with Crippen LogP contribution in [0.5, 0.6) is 0 Å². The molecule has 1 fully saturated rings. The van der Waals surface area contributed by atoms with Gasteiger partial charge in [0.2, 0.25) is 0 Å². The van der Waals surface area contributed by atoms with Crippen LogP contribution in [0.3, 0.4) is 0 Å². The molecule has 0 aromatic carbocycles. The molecule has 0 N–H and O–H groups in total. The lowest BCUT2D eigenvalue weighted by Crippen LogP contribution is -2.28. The van der Waals surface area contributed by atoms with Gasteiger partial charge in [-0.15, -0.1) is 0 Å². The van der Waals surface area contributed by atoms with Gasteiger partial charge < -0.3 is 4.90 Å². The van der Waals surface area contributed by atoms with Crippen molar-refractivity contribution >= 4 is 18.3 Å². The van der Waals surface area contributed by atoms with Gasteiger partial charge in [0.1, 0.15) is 0 Å². The van der Waals surface area contributed by atoms with Gasteiger partial charge in [-0.25, -0.2) is 4.68 Å². The molecule has 18 heavy (non-hydrogen) atoms. The zero-order chi connectivity index (χ0) is 13.0. The van der Waals surface area contributed by atoms with Crippen molar-refractivity contribution in [1.29, 1.82) is 0 Å². The van der Waals surface area contributed by atoms with E-state index in [9.17, 15) is 4.79 Å². The Hall–Kier alpha value is -0.970. The molecule has 1 saturated heterocycles. The van der Waals surface area contributed by atoms with Crippen LogP contribution in [0.1, 0.15) is 26.2 Å². The molecule has 1 atom stereocenters. The van der Waals surface area contributed by atoms with Crippen LogP contribution in [0.15, 0.2) is 17.1 Å². The fourth-order valence-electron chi connectivity index (χ4n) is 2.27. The molecule has 0 aliphatic carbocycles. The topological polar surface area (TPSA) is 38.1 Å². The Balaban J connectivity index is 2.12. The van der Waals surface area contributed by atoms with Crippen LogP contribution in [-0.4, -0.2) is 28.6 Å². The summed E-state index contributed by atoms with van der Waals surface area (Å²) in [4.78, 5) is 14.2. The molecule has 5 heteroatoms. The van der Waals surface area contributed by atoms with E-state index in [-0.39, 0.29) is 5.56 Å². The average Bonchev–Trinajstić information content (AvgIpc) is 2.91. The summed E-state index contributed by atoms with van der Waals surface area (Å²) in [6.45, 7) is 4.86. The van der Waals surface area contributed by atoms with Crippen LogP contribution in [0, 0.1) is 5.92 Å². The molecule has 0 spiro atoms. The third-order valence-corrected chi connectivity index (χ3v) is 4.11. The van der Waals surface area contributed by atoms with E-state index in [2.05, 4.69) is 29.6 Å². The van der Waals surface area contributed by atoms with Crippen LogP contribution in [0.2, 0.25) is 0 Å². The first-order valence-corrected chi connectivity index (χ1v) is 7.30. The molecular formula is C13H21N3OS. The molecular weight excluding hydrogens is 246 g/mol. The lowest BCUT2D eigenvalue weighted by atomic mass is 10.1. The highest BCUT2D eigenvalue weighted by Crippen LogP contribution is 2.17. The summed E-state index contributed by atoms with van der Waals surface area (Å²) in [5.41, 5.74) is 0.965. The third-order valence-electron chi connectivity index (χ3n) is 3.59. The molecule has 0 bridgehead atoms. The molecule has 0 saturated carbocycles. The van der Waals surface area contributed by atoms with E-state index >= 15 is 0 Å². The van der Waals surface area contributed by atoms with Crippen LogP contribution >= 0.6 is 12.6 Å². The minimum absolute atomic E-state index is 0.000340. The quantitative estimate of drug-likeness (QED) is 0.827. The van der Waals surface area contributed by atoms with Crippen molar-refractivity contribution in [3.8, 4) is 0 Å². The number of hydrogen-bond donors (Lipinski definition) is 1. The summed E-state index contributed by atoms with van der Waals surface area (Å²) >= 11 is 4.30. The summed E-state index contributed by atoms with van der Waals surface area (Å²) in [5.74, 6) is 1.20. The first-order chi connectivity index (χ1) is 8.74. The van der Waals surface area contributed by atoms with E-state index in [1.807, 2.05) is 6.20 Å². The van der Waals surface area contributed by atoms with E-state index in [4.69, 9.17) is 0 Å². The Morgan fingerprint density at radius 1 is 1.44 bits per heavy atom. The van der Waals surface area contributed by atoms with E-state index in [0.717, 1.165) is 31.0 Å². The summed E-state index contributed by atoms with van der Waals surface area (Å²) in [6, 6.07) is 1.71. The highest BCUT2D eigenvalue weighted by molar-refractivity contribution is 7.80. The second-order valence-electron chi connectivity index (χ2n) is 4.89. The van der Waals surface area contributed by atoms with E-state index in [0.29, 0.717) is 12.5 Å². The summed E-state index contributed by atoms with van der Waals surface area (Å²) in [5, 5.41) is 4.29. The minimum atomic E-state index is -0.000340. The van der Waals surface area contributed by atoms with Gasteiger partial charge in [0.05, 0.1) is 11.9 Å². The highest BCUT2D eigenvalue weighted by atomic mass is 32.1. The van der Waals surface area contributed by atoms with Crippen molar-refractivity contribution in [2.45, 2.75) is 32.7 Å². The number of nitrogens with zero attached hydrogens (tertiary/aromatic N) is 3. The Labute approximate surface area is 113 Å². The van der Waals surface area contributed by atoms with E-state index in [1.165, 1.54) is 12.8 Å². The molecule has 1 aromatic rings. The molecule has 100 valence electrons. The largest absolute Gasteiger partial charge is 0.370 e. The maximum absolute atomic E-state index is 12.0. The van der Waals surface area contributed by atoms with E-state index in [1.54, 1.807) is 10.7 Å². The van der Waals surface area contributed by atoms with Crippen molar-refractivity contribution in [2.75, 3.05) is 23.7 Å². The van der Waals surface area contributed by atoms with Gasteiger partial charge in [-0.3, -0.25) is 4.79 Å². The Bertz CT molecular complexity index is 436. The molecule has 2 rings (SSSR count). The molecule has 1 aliphatic heterocycles. The van der Waals surface area contributed by atoms with Gasteiger partial charge in [-0.1, -0.05) is 13.3 Å². The number of anilines is 1. The smallest absolute Gasteiger partial charge is 0.268 e. The predicted octanol–water partition coefficient (Wildman–Crippen LogP) is 1.80. The van der Waals surface area contributed by atoms with Gasteiger partial charge in [-0.05, 0) is 24.5 Å². The third kappa shape index (κ3) is 3.07. The molecule has 0 amide bonds. The average molecular weight is 267 g/mol. The Kier molecular flexibility index (Phi) is 4.69. The number of rotatable bonds is 5. The monoisotopic (exact) mass is 267 g/mol. The lowest BCUT2D eigenvalue weighted by Gasteiger charge is -2.18. The van der Waals surface area contributed by atoms with Gasteiger partial charge in [-0.2, -0.15) is 17.7 Å². The van der Waals surface area contributed by atoms with Gasteiger partial charge in [0, 0.05) is 25.7 Å². The molecule has 0 radical (unpaired) electrons. The van der Waals surface area contributed by atoms with Gasteiger partial charge in [0.25, 0.3) is 5.56 Å². The minimum Gasteiger partial charge on any atom is -0.370 e. The maximum Gasteiger partial charge on any atom is 0.268 e. The van der Waals surface area contributed by atoms with Crippen LogP contribution in [0.4, 0.5) is 5.69 Å². The van der Waals surface area contributed by atoms with Crippen molar-refractivity contribution in [3.63, 3.8) is 0 Å². The molecule has 4 nitrogen and oxygen atoms in total. The predicted molar refractivity (Wildman–Crippen MR) is 77.6 cm³/mol. The van der Waals surface area contributed by atoms with Crippen LogP contribution in [0.25, 0.3) is 0 Å². The fourth-order valence-corrected chi connectivity index (χ4v) is 2.64. The normalized spacial score (nSPS) is 17.1. The fraction of sp³-hybridized carbons (Fsp3) is 0.692. The summed E-state index contributed by atoms with van der Waals surface area (Å²) in [6.07, 6.45) is 5.25. The van der Waals surface area contributed by atoms with Crippen molar-refractivity contribution in [1.82, 2.24) is 9.78 Å². The van der Waals surface area contributed by atoms with Crippen molar-refractivity contribution < 1.29 is 0 Å². The second-order valence-corrected chi connectivity index (χ2v) is 5.25. The second kappa shape index (κ2) is 6.27. The molecule has 1 aliphatic rings. The number of hydrogen-bond acceptors (Lipinski definition) is 4. The molecule has 1 unspecified atom stereocenters. The number of thiol groups is 1. The van der Waals surface area contributed by atoms with Gasteiger partial charge >= 0.3 is 0 Å². The highest BCUT2D eigenvalue weighted by Gasteiger charge is 2.14. The Morgan fingerprint density at radius 3 is 2.72 bits per heavy atom. The molecule has 1 aromatic heterocycles. The van der Waals surface area contributed by atoms with Crippen LogP contribution in [-0.2, 0) is 6.54 Å². The van der Waals surface area contributed by atoms with E-state index < -0.39 is 0 Å². The Morgan fingerprint density at radius 2 is 2.17 bits per heavy atom. The zero-order valence-corrected chi connectivity index (χ0v) is 11.8. The maximum atomic E-state index is 12.0. The first-order valence-electron chi connectivity index (χ1n) is 6.67. The van der Waals surface area contributed by atoms with Crippen molar-refractivity contribution in [3.05, 3.63) is 22.6 Å². The summed E-state index contributed by atoms with van der Waals surface area (Å²) < 4.78 is 1.56. The SMILES string of the molecule is CCC(CS)Cn1ncc(N2CCCC2)cc1=O. The van der Waals surface area contributed by atoms with Crippen LogP contribution < -0.4 is 10.5 Å². The zero-order valence-electron chi connectivity index (χ0n) is 10.9.